The van der Waals surface area contributed by atoms with E-state index in [2.05, 4.69) is 10.3 Å². The lowest BCUT2D eigenvalue weighted by Crippen LogP contribution is -2.31. The molecule has 114 valence electrons. The second kappa shape index (κ2) is 6.23. The average Bonchev–Trinajstić information content (AvgIpc) is 2.86. The van der Waals surface area contributed by atoms with Crippen LogP contribution in [0.3, 0.4) is 0 Å². The Morgan fingerprint density at radius 3 is 2.86 bits per heavy atom. The van der Waals surface area contributed by atoms with Gasteiger partial charge in [-0.2, -0.15) is 0 Å². The zero-order valence-corrected chi connectivity index (χ0v) is 12.8. The van der Waals surface area contributed by atoms with E-state index in [0.717, 1.165) is 6.26 Å². The lowest BCUT2D eigenvalue weighted by Gasteiger charge is -2.13. The van der Waals surface area contributed by atoms with Crippen LogP contribution < -0.4 is 5.32 Å². The first-order valence-electron chi connectivity index (χ1n) is 6.51. The Bertz CT molecular complexity index is 706. The number of nitrogens with zero attached hydrogens (tertiary/aromatic N) is 3. The topological polar surface area (TPSA) is 83.8 Å². The Kier molecular flexibility index (Phi) is 4.59. The molecular formula is C13H18N4O3S. The van der Waals surface area contributed by atoms with Gasteiger partial charge in [0.25, 0.3) is 5.91 Å². The van der Waals surface area contributed by atoms with Crippen LogP contribution in [0.15, 0.2) is 30.6 Å². The summed E-state index contributed by atoms with van der Waals surface area (Å²) in [5.74, 6) is -0.263. The molecule has 0 aliphatic rings. The Morgan fingerprint density at radius 2 is 2.19 bits per heavy atom. The average molecular weight is 310 g/mol. The number of amides is 1. The van der Waals surface area contributed by atoms with Crippen LogP contribution >= 0.6 is 0 Å². The third kappa shape index (κ3) is 4.02. The van der Waals surface area contributed by atoms with Crippen molar-refractivity contribution in [3.63, 3.8) is 0 Å². The van der Waals surface area contributed by atoms with Gasteiger partial charge in [0, 0.05) is 32.5 Å². The van der Waals surface area contributed by atoms with Crippen LogP contribution in [-0.2, 0) is 10.0 Å². The summed E-state index contributed by atoms with van der Waals surface area (Å²) in [6.07, 6.45) is 5.18. The first kappa shape index (κ1) is 15.5. The Balaban J connectivity index is 1.85. The molecule has 1 N–H and O–H groups in total. The number of fused-ring (bicyclic) bond motifs is 1. The first-order valence-corrected chi connectivity index (χ1v) is 8.36. The summed E-state index contributed by atoms with van der Waals surface area (Å²) in [6.45, 7) is 0.761. The molecule has 21 heavy (non-hydrogen) atoms. The van der Waals surface area contributed by atoms with E-state index in [4.69, 9.17) is 0 Å². The third-order valence-corrected chi connectivity index (χ3v) is 4.41. The molecule has 0 saturated heterocycles. The monoisotopic (exact) mass is 310 g/mol. The highest BCUT2D eigenvalue weighted by molar-refractivity contribution is 7.88. The van der Waals surface area contributed by atoms with E-state index in [0.29, 0.717) is 30.9 Å². The number of carbonyl (C=O) groups excluding carboxylic acids is 1. The number of imidazole rings is 1. The van der Waals surface area contributed by atoms with Crippen LogP contribution in [0.4, 0.5) is 0 Å². The Hall–Kier alpha value is -1.93. The summed E-state index contributed by atoms with van der Waals surface area (Å²) in [4.78, 5) is 16.1. The quantitative estimate of drug-likeness (QED) is 0.780. The number of carbonyl (C=O) groups is 1. The molecule has 2 aromatic heterocycles. The highest BCUT2D eigenvalue weighted by Gasteiger charge is 2.12. The molecule has 0 spiro atoms. The predicted octanol–water partition coefficient (Wildman–Crippen LogP) is 0.346. The van der Waals surface area contributed by atoms with Gasteiger partial charge in [0.15, 0.2) is 0 Å². The van der Waals surface area contributed by atoms with Gasteiger partial charge < -0.3 is 9.72 Å². The van der Waals surface area contributed by atoms with Gasteiger partial charge in [-0.15, -0.1) is 0 Å². The van der Waals surface area contributed by atoms with E-state index in [9.17, 15) is 13.2 Å². The third-order valence-electron chi connectivity index (χ3n) is 3.10. The SMILES string of the molecule is CN(CCCNC(=O)c1cn2ccccc2n1)S(C)(=O)=O. The number of sulfonamides is 1. The number of aromatic nitrogens is 2. The van der Waals surface area contributed by atoms with Crippen LogP contribution in [0.1, 0.15) is 16.9 Å². The van der Waals surface area contributed by atoms with Crippen LogP contribution in [0.5, 0.6) is 0 Å². The van der Waals surface area contributed by atoms with E-state index < -0.39 is 10.0 Å². The largest absolute Gasteiger partial charge is 0.351 e. The van der Waals surface area contributed by atoms with Gasteiger partial charge in [0.2, 0.25) is 10.0 Å². The molecule has 8 heteroatoms. The van der Waals surface area contributed by atoms with Gasteiger partial charge in [0.1, 0.15) is 11.3 Å². The van der Waals surface area contributed by atoms with Crippen LogP contribution in [-0.4, -0.2) is 54.4 Å². The van der Waals surface area contributed by atoms with E-state index in [1.165, 1.54) is 11.4 Å². The maximum Gasteiger partial charge on any atom is 0.271 e. The van der Waals surface area contributed by atoms with Crippen molar-refractivity contribution < 1.29 is 13.2 Å². The number of hydrogen-bond acceptors (Lipinski definition) is 4. The maximum absolute atomic E-state index is 11.9. The minimum atomic E-state index is -3.17. The van der Waals surface area contributed by atoms with E-state index in [1.54, 1.807) is 10.6 Å². The van der Waals surface area contributed by atoms with Crippen molar-refractivity contribution in [2.75, 3.05) is 26.4 Å². The molecule has 0 saturated carbocycles. The fraction of sp³-hybridized carbons (Fsp3) is 0.385. The summed E-state index contributed by atoms with van der Waals surface area (Å²) >= 11 is 0. The minimum absolute atomic E-state index is 0.263. The molecule has 0 atom stereocenters. The molecule has 0 aliphatic heterocycles. The maximum atomic E-state index is 11.9. The fourth-order valence-corrected chi connectivity index (χ4v) is 2.26. The molecule has 0 fully saturated rings. The van der Waals surface area contributed by atoms with Crippen molar-refractivity contribution >= 4 is 21.6 Å². The lowest BCUT2D eigenvalue weighted by atomic mass is 10.4. The van der Waals surface area contributed by atoms with Gasteiger partial charge in [-0.05, 0) is 18.6 Å². The van der Waals surface area contributed by atoms with Crippen LogP contribution in [0, 0.1) is 0 Å². The highest BCUT2D eigenvalue weighted by Crippen LogP contribution is 2.04. The zero-order valence-electron chi connectivity index (χ0n) is 12.0. The van der Waals surface area contributed by atoms with Crippen molar-refractivity contribution in [2.45, 2.75) is 6.42 Å². The molecule has 0 bridgehead atoms. The van der Waals surface area contributed by atoms with E-state index in [1.807, 2.05) is 24.4 Å². The second-order valence-electron chi connectivity index (χ2n) is 4.79. The van der Waals surface area contributed by atoms with Crippen LogP contribution in [0.2, 0.25) is 0 Å². The van der Waals surface area contributed by atoms with Crippen molar-refractivity contribution in [3.05, 3.63) is 36.3 Å². The number of rotatable bonds is 6. The van der Waals surface area contributed by atoms with Gasteiger partial charge in [0.05, 0.1) is 6.26 Å². The smallest absolute Gasteiger partial charge is 0.271 e. The summed E-state index contributed by atoms with van der Waals surface area (Å²) in [6, 6.07) is 5.53. The van der Waals surface area contributed by atoms with Gasteiger partial charge >= 0.3 is 0 Å². The van der Waals surface area contributed by atoms with Gasteiger partial charge in [-0.25, -0.2) is 17.7 Å². The molecule has 7 nitrogen and oxygen atoms in total. The molecule has 0 radical (unpaired) electrons. The first-order chi connectivity index (χ1) is 9.88. The zero-order chi connectivity index (χ0) is 15.5. The predicted molar refractivity (Wildman–Crippen MR) is 79.6 cm³/mol. The standard InChI is InChI=1S/C13H18N4O3S/c1-16(21(2,19)20)8-5-7-14-13(18)11-10-17-9-4-3-6-12(17)15-11/h3-4,6,9-10H,5,7-8H2,1-2H3,(H,14,18). The number of hydrogen-bond donors (Lipinski definition) is 1. The lowest BCUT2D eigenvalue weighted by molar-refractivity contribution is 0.0948. The minimum Gasteiger partial charge on any atom is -0.351 e. The highest BCUT2D eigenvalue weighted by atomic mass is 32.2. The molecule has 0 unspecified atom stereocenters. The summed E-state index contributed by atoms with van der Waals surface area (Å²) in [5, 5.41) is 2.73. The fourth-order valence-electron chi connectivity index (χ4n) is 1.80. The van der Waals surface area contributed by atoms with E-state index in [-0.39, 0.29) is 5.91 Å². The van der Waals surface area contributed by atoms with Crippen LogP contribution in [0.25, 0.3) is 5.65 Å². The van der Waals surface area contributed by atoms with E-state index >= 15 is 0 Å². The molecule has 0 aliphatic carbocycles. The molecule has 2 aromatic rings. The number of nitrogens with one attached hydrogen (secondary N) is 1. The Labute approximate surface area is 123 Å². The van der Waals surface area contributed by atoms with Gasteiger partial charge in [-0.3, -0.25) is 4.79 Å². The van der Waals surface area contributed by atoms with Crippen molar-refractivity contribution in [3.8, 4) is 0 Å². The van der Waals surface area contributed by atoms with Gasteiger partial charge in [-0.1, -0.05) is 6.07 Å². The molecule has 2 heterocycles. The van der Waals surface area contributed by atoms with Crippen molar-refractivity contribution in [1.29, 1.82) is 0 Å². The Morgan fingerprint density at radius 1 is 1.43 bits per heavy atom. The molecule has 1 amide bonds. The van der Waals surface area contributed by atoms with Crippen molar-refractivity contribution in [2.24, 2.45) is 0 Å². The summed E-state index contributed by atoms with van der Waals surface area (Å²) in [5.41, 5.74) is 1.05. The normalized spacial score (nSPS) is 12.0. The van der Waals surface area contributed by atoms with Crippen molar-refractivity contribution in [1.82, 2.24) is 19.0 Å². The molecular weight excluding hydrogens is 292 g/mol. The summed E-state index contributed by atoms with van der Waals surface area (Å²) < 4.78 is 25.4. The number of pyridine rings is 1. The molecule has 0 aromatic carbocycles. The summed E-state index contributed by atoms with van der Waals surface area (Å²) in [7, 11) is -1.65. The molecule has 2 rings (SSSR count). The second-order valence-corrected chi connectivity index (χ2v) is 6.88.